The lowest BCUT2D eigenvalue weighted by atomic mass is 10.0. The SMILES string of the molecule is O=C(NNC(=O)c1ccccc1F)c1cccc(S(=O)(=O)N2CCCc3ccccc32)c1. The Hall–Kier alpha value is -3.72. The summed E-state index contributed by atoms with van der Waals surface area (Å²) in [4.78, 5) is 24.5. The molecule has 0 atom stereocenters. The largest absolute Gasteiger partial charge is 0.272 e. The Balaban J connectivity index is 1.53. The van der Waals surface area contributed by atoms with Crippen LogP contribution >= 0.6 is 0 Å². The zero-order valence-corrected chi connectivity index (χ0v) is 17.7. The van der Waals surface area contributed by atoms with E-state index in [2.05, 4.69) is 10.9 Å². The van der Waals surface area contributed by atoms with Crippen molar-refractivity contribution < 1.29 is 22.4 Å². The number of amides is 2. The molecule has 0 aromatic heterocycles. The standard InChI is InChI=1S/C23H20FN3O4S/c24-20-12-3-2-11-19(20)23(29)26-25-22(28)17-8-5-10-18(15-17)32(30,31)27-14-6-9-16-7-1-4-13-21(16)27/h1-5,7-8,10-13,15H,6,9,14H2,(H,25,28)(H,26,29). The van der Waals surface area contributed by atoms with Crippen molar-refractivity contribution in [2.75, 3.05) is 10.8 Å². The van der Waals surface area contributed by atoms with Crippen LogP contribution in [0.15, 0.2) is 77.7 Å². The van der Waals surface area contributed by atoms with Crippen molar-refractivity contribution in [3.63, 3.8) is 0 Å². The lowest BCUT2D eigenvalue weighted by Crippen LogP contribution is -2.42. The van der Waals surface area contributed by atoms with Gasteiger partial charge in [-0.3, -0.25) is 24.7 Å². The zero-order chi connectivity index (χ0) is 22.7. The minimum absolute atomic E-state index is 0.0326. The summed E-state index contributed by atoms with van der Waals surface area (Å²) in [5.74, 6) is -2.29. The predicted molar refractivity (Wildman–Crippen MR) is 117 cm³/mol. The van der Waals surface area contributed by atoms with Crippen molar-refractivity contribution in [3.05, 3.63) is 95.3 Å². The molecule has 0 unspecified atom stereocenters. The Bertz CT molecular complexity index is 1290. The number of hydrazine groups is 1. The molecule has 9 heteroatoms. The molecular weight excluding hydrogens is 433 g/mol. The van der Waals surface area contributed by atoms with E-state index in [0.717, 1.165) is 18.1 Å². The van der Waals surface area contributed by atoms with Crippen molar-refractivity contribution in [2.45, 2.75) is 17.7 Å². The van der Waals surface area contributed by atoms with E-state index in [1.807, 2.05) is 12.1 Å². The number of halogens is 1. The number of hydrogen-bond donors (Lipinski definition) is 2. The summed E-state index contributed by atoms with van der Waals surface area (Å²) in [6, 6.07) is 18.2. The van der Waals surface area contributed by atoms with Crippen molar-refractivity contribution in [2.24, 2.45) is 0 Å². The normalized spacial score (nSPS) is 13.2. The van der Waals surface area contributed by atoms with Crippen LogP contribution in [0.2, 0.25) is 0 Å². The fourth-order valence-electron chi connectivity index (χ4n) is 3.57. The lowest BCUT2D eigenvalue weighted by Gasteiger charge is -2.30. The van der Waals surface area contributed by atoms with Gasteiger partial charge in [0.2, 0.25) is 0 Å². The molecule has 32 heavy (non-hydrogen) atoms. The number of anilines is 1. The molecule has 0 bridgehead atoms. The minimum atomic E-state index is -3.89. The van der Waals surface area contributed by atoms with Crippen LogP contribution in [0.25, 0.3) is 0 Å². The summed E-state index contributed by atoms with van der Waals surface area (Å²) in [6.07, 6.45) is 1.49. The Morgan fingerprint density at radius 1 is 0.875 bits per heavy atom. The van der Waals surface area contributed by atoms with E-state index in [4.69, 9.17) is 0 Å². The Morgan fingerprint density at radius 3 is 2.41 bits per heavy atom. The van der Waals surface area contributed by atoms with Crippen LogP contribution in [-0.4, -0.2) is 26.8 Å². The number of rotatable bonds is 4. The van der Waals surface area contributed by atoms with Gasteiger partial charge in [-0.05, 0) is 54.8 Å². The quantitative estimate of drug-likeness (QED) is 0.594. The molecule has 164 valence electrons. The molecule has 1 aliphatic rings. The summed E-state index contributed by atoms with van der Waals surface area (Å²) in [5, 5.41) is 0. The highest BCUT2D eigenvalue weighted by Crippen LogP contribution is 2.31. The van der Waals surface area contributed by atoms with Gasteiger partial charge < -0.3 is 0 Å². The van der Waals surface area contributed by atoms with E-state index in [9.17, 15) is 22.4 Å². The van der Waals surface area contributed by atoms with Crippen LogP contribution in [0, 0.1) is 5.82 Å². The highest BCUT2D eigenvalue weighted by molar-refractivity contribution is 7.92. The zero-order valence-electron chi connectivity index (χ0n) is 16.9. The second-order valence-electron chi connectivity index (χ2n) is 7.23. The Labute approximate surface area is 184 Å². The van der Waals surface area contributed by atoms with Crippen molar-refractivity contribution in [1.29, 1.82) is 0 Å². The van der Waals surface area contributed by atoms with Crippen LogP contribution < -0.4 is 15.2 Å². The first-order valence-corrected chi connectivity index (χ1v) is 11.4. The maximum atomic E-state index is 13.7. The van der Waals surface area contributed by atoms with Crippen molar-refractivity contribution >= 4 is 27.5 Å². The number of carbonyl (C=O) groups is 2. The third kappa shape index (κ3) is 4.19. The van der Waals surface area contributed by atoms with E-state index < -0.39 is 27.7 Å². The molecule has 0 aliphatic carbocycles. The first-order valence-electron chi connectivity index (χ1n) is 9.94. The number of nitrogens with one attached hydrogen (secondary N) is 2. The fraction of sp³-hybridized carbons (Fsp3) is 0.130. The predicted octanol–water partition coefficient (Wildman–Crippen LogP) is 3.04. The second-order valence-corrected chi connectivity index (χ2v) is 9.09. The van der Waals surface area contributed by atoms with E-state index in [1.165, 1.54) is 46.8 Å². The van der Waals surface area contributed by atoms with Crippen LogP contribution in [-0.2, 0) is 16.4 Å². The number of aryl methyl sites for hydroxylation is 1. The molecule has 2 amide bonds. The number of carbonyl (C=O) groups excluding carboxylic acids is 2. The third-order valence-corrected chi connectivity index (χ3v) is 6.97. The lowest BCUT2D eigenvalue weighted by molar-refractivity contribution is 0.0844. The van der Waals surface area contributed by atoms with Gasteiger partial charge in [0.1, 0.15) is 5.82 Å². The van der Waals surface area contributed by atoms with Crippen LogP contribution in [0.3, 0.4) is 0 Å². The molecule has 0 fully saturated rings. The molecule has 4 rings (SSSR count). The topological polar surface area (TPSA) is 95.6 Å². The Kier molecular flexibility index (Phi) is 5.91. The molecule has 1 heterocycles. The molecular formula is C23H20FN3O4S. The number of nitrogens with zero attached hydrogens (tertiary/aromatic N) is 1. The summed E-state index contributed by atoms with van der Waals surface area (Å²) >= 11 is 0. The molecule has 7 nitrogen and oxygen atoms in total. The maximum absolute atomic E-state index is 13.7. The average molecular weight is 453 g/mol. The first kappa shape index (κ1) is 21.5. The van der Waals surface area contributed by atoms with E-state index >= 15 is 0 Å². The van der Waals surface area contributed by atoms with Crippen molar-refractivity contribution in [3.8, 4) is 0 Å². The summed E-state index contributed by atoms with van der Waals surface area (Å²) < 4.78 is 41.7. The highest BCUT2D eigenvalue weighted by Gasteiger charge is 2.29. The summed E-state index contributed by atoms with van der Waals surface area (Å²) in [7, 11) is -3.89. The molecule has 0 saturated carbocycles. The van der Waals surface area contributed by atoms with Gasteiger partial charge in [-0.15, -0.1) is 0 Å². The molecule has 1 aliphatic heterocycles. The number of sulfonamides is 1. The average Bonchev–Trinajstić information content (AvgIpc) is 2.82. The van der Waals surface area contributed by atoms with Gasteiger partial charge in [0, 0.05) is 12.1 Å². The monoisotopic (exact) mass is 453 g/mol. The number of hydrogen-bond acceptors (Lipinski definition) is 4. The third-order valence-electron chi connectivity index (χ3n) is 5.16. The molecule has 0 spiro atoms. The van der Waals surface area contributed by atoms with Gasteiger partial charge in [0.15, 0.2) is 0 Å². The smallest absolute Gasteiger partial charge is 0.267 e. The summed E-state index contributed by atoms with van der Waals surface area (Å²) in [6.45, 7) is 0.342. The van der Waals surface area contributed by atoms with Crippen LogP contribution in [0.4, 0.5) is 10.1 Å². The molecule has 0 saturated heterocycles. The van der Waals surface area contributed by atoms with Gasteiger partial charge in [-0.25, -0.2) is 12.8 Å². The molecule has 3 aromatic rings. The first-order chi connectivity index (χ1) is 15.4. The van der Waals surface area contributed by atoms with Gasteiger partial charge >= 0.3 is 0 Å². The van der Waals surface area contributed by atoms with E-state index in [0.29, 0.717) is 18.7 Å². The molecule has 3 aromatic carbocycles. The fourth-order valence-corrected chi connectivity index (χ4v) is 5.16. The van der Waals surface area contributed by atoms with Gasteiger partial charge in [0.05, 0.1) is 16.1 Å². The van der Waals surface area contributed by atoms with Gasteiger partial charge in [-0.2, -0.15) is 0 Å². The number of fused-ring (bicyclic) bond motifs is 1. The number of benzene rings is 3. The molecule has 0 radical (unpaired) electrons. The van der Waals surface area contributed by atoms with Crippen molar-refractivity contribution in [1.82, 2.24) is 10.9 Å². The molecule has 2 N–H and O–H groups in total. The highest BCUT2D eigenvalue weighted by atomic mass is 32.2. The van der Waals surface area contributed by atoms with Gasteiger partial charge in [-0.1, -0.05) is 36.4 Å². The number of para-hydroxylation sites is 1. The Morgan fingerprint density at radius 2 is 1.59 bits per heavy atom. The minimum Gasteiger partial charge on any atom is -0.267 e. The van der Waals surface area contributed by atoms with Gasteiger partial charge in [0.25, 0.3) is 21.8 Å². The van der Waals surface area contributed by atoms with Crippen LogP contribution in [0.5, 0.6) is 0 Å². The van der Waals surface area contributed by atoms with E-state index in [-0.39, 0.29) is 16.0 Å². The second kappa shape index (κ2) is 8.80. The van der Waals surface area contributed by atoms with Crippen LogP contribution in [0.1, 0.15) is 32.7 Å². The summed E-state index contributed by atoms with van der Waals surface area (Å²) in [5.41, 5.74) is 5.70. The van der Waals surface area contributed by atoms with E-state index in [1.54, 1.807) is 12.1 Å². The maximum Gasteiger partial charge on any atom is 0.272 e.